The van der Waals surface area contributed by atoms with Crippen molar-refractivity contribution in [3.05, 3.63) is 90.4 Å². The zero-order chi connectivity index (χ0) is 23.5. The van der Waals surface area contributed by atoms with Gasteiger partial charge in [0.05, 0.1) is 23.0 Å². The number of anilines is 1. The molecule has 0 amide bonds. The summed E-state index contributed by atoms with van der Waals surface area (Å²) in [6.07, 6.45) is 6.16. The van der Waals surface area contributed by atoms with Gasteiger partial charge in [0.25, 0.3) is 0 Å². The number of nitrogens with zero attached hydrogens (tertiary/aromatic N) is 3. The SMILES string of the molecule is O=C(CCc1ccc(S(=O)(=O)c2cccc(N3CCOCC3)c2)cc1)c1ccc2nccn2c1. The van der Waals surface area contributed by atoms with Crippen molar-refractivity contribution in [3.63, 3.8) is 0 Å². The molecule has 5 rings (SSSR count). The summed E-state index contributed by atoms with van der Waals surface area (Å²) < 4.78 is 33.6. The van der Waals surface area contributed by atoms with Crippen molar-refractivity contribution in [1.29, 1.82) is 0 Å². The van der Waals surface area contributed by atoms with E-state index in [2.05, 4.69) is 9.88 Å². The van der Waals surface area contributed by atoms with Crippen LogP contribution in [0.15, 0.2) is 89.0 Å². The Morgan fingerprint density at radius 3 is 2.56 bits per heavy atom. The van der Waals surface area contributed by atoms with E-state index < -0.39 is 9.84 Å². The Labute approximate surface area is 198 Å². The molecule has 2 aromatic carbocycles. The fourth-order valence-corrected chi connectivity index (χ4v) is 5.43. The number of ether oxygens (including phenoxy) is 1. The van der Waals surface area contributed by atoms with Crippen LogP contribution in [0.2, 0.25) is 0 Å². The Morgan fingerprint density at radius 1 is 0.971 bits per heavy atom. The monoisotopic (exact) mass is 475 g/mol. The number of benzene rings is 2. The number of fused-ring (bicyclic) bond motifs is 1. The first kappa shape index (κ1) is 22.3. The maximum atomic E-state index is 13.2. The number of imidazole rings is 1. The van der Waals surface area contributed by atoms with Gasteiger partial charge in [-0.25, -0.2) is 13.4 Å². The molecular formula is C26H25N3O4S. The van der Waals surface area contributed by atoms with Crippen molar-refractivity contribution >= 4 is 27.0 Å². The lowest BCUT2D eigenvalue weighted by Crippen LogP contribution is -2.36. The van der Waals surface area contributed by atoms with Crippen molar-refractivity contribution in [2.24, 2.45) is 0 Å². The number of carbonyl (C=O) groups excluding carboxylic acids is 1. The molecule has 34 heavy (non-hydrogen) atoms. The van der Waals surface area contributed by atoms with Crippen LogP contribution >= 0.6 is 0 Å². The van der Waals surface area contributed by atoms with Crippen molar-refractivity contribution in [2.45, 2.75) is 22.6 Å². The molecule has 7 nitrogen and oxygen atoms in total. The molecule has 0 unspecified atom stereocenters. The van der Waals surface area contributed by atoms with Crippen LogP contribution in [0, 0.1) is 0 Å². The summed E-state index contributed by atoms with van der Waals surface area (Å²) in [6, 6.07) is 17.5. The normalized spacial score (nSPS) is 14.4. The second-order valence-corrected chi connectivity index (χ2v) is 10.2. The van der Waals surface area contributed by atoms with Gasteiger partial charge >= 0.3 is 0 Å². The maximum absolute atomic E-state index is 13.2. The standard InChI is InChI=1S/C26H25N3O4S/c30-25(21-7-11-26-27-12-13-29(26)19-21)10-6-20-4-8-23(9-5-20)34(31,32)24-3-1-2-22(18-24)28-14-16-33-17-15-28/h1-5,7-9,11-13,18-19H,6,10,14-17H2. The number of hydrogen-bond donors (Lipinski definition) is 0. The Balaban J connectivity index is 1.27. The van der Waals surface area contributed by atoms with Gasteiger partial charge < -0.3 is 14.0 Å². The van der Waals surface area contributed by atoms with Crippen LogP contribution < -0.4 is 4.90 Å². The number of ketones is 1. The molecule has 0 radical (unpaired) electrons. The summed E-state index contributed by atoms with van der Waals surface area (Å²) in [6.45, 7) is 2.76. The number of sulfone groups is 1. The largest absolute Gasteiger partial charge is 0.378 e. The smallest absolute Gasteiger partial charge is 0.206 e. The van der Waals surface area contributed by atoms with Crippen molar-refractivity contribution in [3.8, 4) is 0 Å². The van der Waals surface area contributed by atoms with Crippen LogP contribution in [0.1, 0.15) is 22.3 Å². The first-order valence-electron chi connectivity index (χ1n) is 11.2. The van der Waals surface area contributed by atoms with Crippen LogP contribution in [0.5, 0.6) is 0 Å². The maximum Gasteiger partial charge on any atom is 0.206 e. The molecule has 0 N–H and O–H groups in total. The van der Waals surface area contributed by atoms with Gasteiger partial charge in [0.15, 0.2) is 5.78 Å². The van der Waals surface area contributed by atoms with E-state index in [-0.39, 0.29) is 15.6 Å². The number of rotatable bonds is 7. The summed E-state index contributed by atoms with van der Waals surface area (Å²) in [5, 5.41) is 0. The number of aromatic nitrogens is 2. The van der Waals surface area contributed by atoms with E-state index in [9.17, 15) is 13.2 Å². The lowest BCUT2D eigenvalue weighted by atomic mass is 10.0. The molecule has 1 saturated heterocycles. The molecule has 8 heteroatoms. The minimum atomic E-state index is -3.64. The number of morpholine rings is 1. The molecule has 0 spiro atoms. The molecule has 3 heterocycles. The van der Waals surface area contributed by atoms with E-state index in [0.29, 0.717) is 31.6 Å². The van der Waals surface area contributed by atoms with Gasteiger partial charge in [-0.2, -0.15) is 0 Å². The number of carbonyl (C=O) groups is 1. The molecular weight excluding hydrogens is 450 g/mol. The summed E-state index contributed by atoms with van der Waals surface area (Å²) in [5.74, 6) is 0.0345. The molecule has 0 bridgehead atoms. The minimum absolute atomic E-state index is 0.0345. The minimum Gasteiger partial charge on any atom is -0.378 e. The molecule has 0 aliphatic carbocycles. The van der Waals surface area contributed by atoms with E-state index in [1.807, 2.05) is 22.7 Å². The highest BCUT2D eigenvalue weighted by Gasteiger charge is 2.20. The zero-order valence-electron chi connectivity index (χ0n) is 18.6. The highest BCUT2D eigenvalue weighted by atomic mass is 32.2. The highest BCUT2D eigenvalue weighted by molar-refractivity contribution is 7.91. The van der Waals surface area contributed by atoms with Crippen LogP contribution in [0.3, 0.4) is 0 Å². The summed E-state index contributed by atoms with van der Waals surface area (Å²) >= 11 is 0. The zero-order valence-corrected chi connectivity index (χ0v) is 19.4. The third-order valence-corrected chi connectivity index (χ3v) is 7.86. The van der Waals surface area contributed by atoms with Gasteiger partial charge in [-0.05, 0) is 54.4 Å². The first-order chi connectivity index (χ1) is 16.5. The van der Waals surface area contributed by atoms with Crippen molar-refractivity contribution < 1.29 is 17.9 Å². The number of Topliss-reactive ketones (excluding diaryl/α,β-unsaturated/α-hetero) is 1. The van der Waals surface area contributed by atoms with Crippen molar-refractivity contribution in [2.75, 3.05) is 31.2 Å². The molecule has 0 saturated carbocycles. The Kier molecular flexibility index (Phi) is 6.17. The fraction of sp³-hybridized carbons (Fsp3) is 0.231. The lowest BCUT2D eigenvalue weighted by molar-refractivity contribution is 0.0982. The lowest BCUT2D eigenvalue weighted by Gasteiger charge is -2.29. The molecule has 0 atom stereocenters. The van der Waals surface area contributed by atoms with E-state index in [0.717, 1.165) is 30.0 Å². The molecule has 1 aliphatic heterocycles. The molecule has 2 aromatic heterocycles. The Hall–Kier alpha value is -3.49. The Morgan fingerprint density at radius 2 is 1.76 bits per heavy atom. The van der Waals surface area contributed by atoms with Crippen LogP contribution in [-0.4, -0.2) is 49.9 Å². The highest BCUT2D eigenvalue weighted by Crippen LogP contribution is 2.26. The van der Waals surface area contributed by atoms with E-state index in [1.54, 1.807) is 60.9 Å². The first-order valence-corrected chi connectivity index (χ1v) is 12.7. The second kappa shape index (κ2) is 9.40. The molecule has 1 aliphatic rings. The quantitative estimate of drug-likeness (QED) is 0.378. The van der Waals surface area contributed by atoms with Gasteiger partial charge in [0, 0.05) is 49.4 Å². The van der Waals surface area contributed by atoms with Crippen LogP contribution in [0.4, 0.5) is 5.69 Å². The number of pyridine rings is 1. The summed E-state index contributed by atoms with van der Waals surface area (Å²) in [5.41, 5.74) is 3.22. The van der Waals surface area contributed by atoms with Gasteiger partial charge in [-0.3, -0.25) is 4.79 Å². The average molecular weight is 476 g/mol. The molecule has 174 valence electrons. The third kappa shape index (κ3) is 4.60. The van der Waals surface area contributed by atoms with Crippen molar-refractivity contribution in [1.82, 2.24) is 9.38 Å². The van der Waals surface area contributed by atoms with E-state index in [1.165, 1.54) is 0 Å². The molecule has 4 aromatic rings. The van der Waals surface area contributed by atoms with Gasteiger partial charge in [0.2, 0.25) is 9.84 Å². The van der Waals surface area contributed by atoms with Crippen LogP contribution in [-0.2, 0) is 21.0 Å². The number of aryl methyl sites for hydroxylation is 1. The van der Waals surface area contributed by atoms with E-state index >= 15 is 0 Å². The topological polar surface area (TPSA) is 81.0 Å². The molecule has 1 fully saturated rings. The second-order valence-electron chi connectivity index (χ2n) is 8.28. The third-order valence-electron chi connectivity index (χ3n) is 6.09. The number of hydrogen-bond acceptors (Lipinski definition) is 6. The predicted molar refractivity (Wildman–Crippen MR) is 129 cm³/mol. The fourth-order valence-electron chi connectivity index (χ4n) is 4.13. The van der Waals surface area contributed by atoms with Gasteiger partial charge in [-0.1, -0.05) is 18.2 Å². The van der Waals surface area contributed by atoms with Gasteiger partial charge in [0.1, 0.15) is 5.65 Å². The van der Waals surface area contributed by atoms with E-state index in [4.69, 9.17) is 4.74 Å². The Bertz CT molecular complexity index is 1420. The summed E-state index contributed by atoms with van der Waals surface area (Å²) in [7, 11) is -3.64. The average Bonchev–Trinajstić information content (AvgIpc) is 3.36. The predicted octanol–water partition coefficient (Wildman–Crippen LogP) is 3.82. The van der Waals surface area contributed by atoms with Crippen LogP contribution in [0.25, 0.3) is 5.65 Å². The summed E-state index contributed by atoms with van der Waals surface area (Å²) in [4.78, 5) is 19.4. The van der Waals surface area contributed by atoms with Gasteiger partial charge in [-0.15, -0.1) is 0 Å².